The first-order valence-corrected chi connectivity index (χ1v) is 7.72. The molecule has 0 saturated heterocycles. The number of rotatable bonds is 10. The fourth-order valence-electron chi connectivity index (χ4n) is 1.82. The molecule has 0 amide bonds. The highest BCUT2D eigenvalue weighted by Crippen LogP contribution is 2.31. The van der Waals surface area contributed by atoms with Gasteiger partial charge in [0, 0.05) is 0 Å². The molecule has 0 aliphatic heterocycles. The zero-order chi connectivity index (χ0) is 15.7. The number of ether oxygens (including phenoxy) is 2. The number of aliphatic carboxylic acids is 1. The molecule has 0 bridgehead atoms. The lowest BCUT2D eigenvalue weighted by Crippen LogP contribution is -2.08. The highest BCUT2D eigenvalue weighted by molar-refractivity contribution is 5.75. The number of carboxylic acid groups (broad SMARTS) is 1. The van der Waals surface area contributed by atoms with E-state index in [2.05, 4.69) is 13.8 Å². The fraction of sp³-hybridized carbons (Fsp3) is 0.588. The van der Waals surface area contributed by atoms with E-state index in [1.54, 1.807) is 19.1 Å². The lowest BCUT2D eigenvalue weighted by atomic mass is 10.0. The molecule has 0 heterocycles. The first-order chi connectivity index (χ1) is 10.1. The predicted molar refractivity (Wildman–Crippen MR) is 83.3 cm³/mol. The molecule has 0 spiro atoms. The quantitative estimate of drug-likeness (QED) is 0.656. The van der Waals surface area contributed by atoms with Gasteiger partial charge in [-0.3, -0.25) is 4.79 Å². The molecular formula is C17H26O4. The molecule has 1 aromatic carbocycles. The minimum absolute atomic E-state index is 0.553. The van der Waals surface area contributed by atoms with Gasteiger partial charge in [-0.1, -0.05) is 32.8 Å². The van der Waals surface area contributed by atoms with Gasteiger partial charge in [0.1, 0.15) is 0 Å². The Labute approximate surface area is 127 Å². The number of carbonyl (C=O) groups is 1. The van der Waals surface area contributed by atoms with Gasteiger partial charge in [0.15, 0.2) is 11.5 Å². The van der Waals surface area contributed by atoms with Crippen LogP contribution in [0.25, 0.3) is 0 Å². The van der Waals surface area contributed by atoms with Gasteiger partial charge >= 0.3 is 5.97 Å². The van der Waals surface area contributed by atoms with Crippen molar-refractivity contribution in [1.29, 1.82) is 0 Å². The summed E-state index contributed by atoms with van der Waals surface area (Å²) in [6.45, 7) is 7.15. The van der Waals surface area contributed by atoms with Crippen molar-refractivity contribution in [3.63, 3.8) is 0 Å². The van der Waals surface area contributed by atoms with E-state index in [1.165, 1.54) is 0 Å². The molecule has 0 aliphatic rings. The molecule has 0 aliphatic carbocycles. The Bertz CT molecular complexity index is 442. The van der Waals surface area contributed by atoms with Gasteiger partial charge in [-0.05, 0) is 37.5 Å². The summed E-state index contributed by atoms with van der Waals surface area (Å²) in [6.07, 6.45) is 4.08. The first-order valence-electron chi connectivity index (χ1n) is 7.72. The maximum atomic E-state index is 11.1. The maximum Gasteiger partial charge on any atom is 0.310 e. The van der Waals surface area contributed by atoms with Crippen molar-refractivity contribution in [3.05, 3.63) is 23.8 Å². The summed E-state index contributed by atoms with van der Waals surface area (Å²) in [6, 6.07) is 5.40. The second kappa shape index (κ2) is 9.27. The van der Waals surface area contributed by atoms with Gasteiger partial charge in [-0.2, -0.15) is 0 Å². The third-order valence-corrected chi connectivity index (χ3v) is 3.35. The topological polar surface area (TPSA) is 55.8 Å². The summed E-state index contributed by atoms with van der Waals surface area (Å²) in [5.74, 6) is -0.0524. The van der Waals surface area contributed by atoms with Gasteiger partial charge in [0.25, 0.3) is 0 Å². The molecule has 0 fully saturated rings. The average Bonchev–Trinajstić information content (AvgIpc) is 2.48. The number of unbranched alkanes of at least 4 members (excludes halogenated alkanes) is 2. The van der Waals surface area contributed by atoms with E-state index in [1.807, 2.05) is 6.07 Å². The largest absolute Gasteiger partial charge is 0.490 e. The van der Waals surface area contributed by atoms with Crippen LogP contribution in [0.4, 0.5) is 0 Å². The summed E-state index contributed by atoms with van der Waals surface area (Å²) in [4.78, 5) is 11.1. The Kier molecular flexibility index (Phi) is 7.65. The molecular weight excluding hydrogens is 268 g/mol. The van der Waals surface area contributed by atoms with E-state index in [9.17, 15) is 4.79 Å². The van der Waals surface area contributed by atoms with Crippen LogP contribution in [0.15, 0.2) is 18.2 Å². The van der Waals surface area contributed by atoms with E-state index < -0.39 is 11.9 Å². The van der Waals surface area contributed by atoms with Crippen LogP contribution >= 0.6 is 0 Å². The smallest absolute Gasteiger partial charge is 0.310 e. The summed E-state index contributed by atoms with van der Waals surface area (Å²) in [7, 11) is 0. The van der Waals surface area contributed by atoms with E-state index in [0.717, 1.165) is 31.2 Å². The first kappa shape index (κ1) is 17.3. The van der Waals surface area contributed by atoms with Crippen LogP contribution in [-0.4, -0.2) is 24.3 Å². The Morgan fingerprint density at radius 1 is 1.10 bits per heavy atom. The molecule has 1 aromatic rings. The zero-order valence-corrected chi connectivity index (χ0v) is 13.2. The molecule has 1 N–H and O–H groups in total. The van der Waals surface area contributed by atoms with Crippen molar-refractivity contribution >= 4 is 5.97 Å². The van der Waals surface area contributed by atoms with Gasteiger partial charge in [-0.15, -0.1) is 0 Å². The molecule has 0 radical (unpaired) electrons. The van der Waals surface area contributed by atoms with Crippen LogP contribution in [0, 0.1) is 0 Å². The third kappa shape index (κ3) is 5.66. The highest BCUT2D eigenvalue weighted by atomic mass is 16.5. The summed E-state index contributed by atoms with van der Waals surface area (Å²) >= 11 is 0. The SMILES string of the molecule is CCCCOc1ccc(C(C)C(=O)O)cc1OCCCC. The third-order valence-electron chi connectivity index (χ3n) is 3.35. The molecule has 21 heavy (non-hydrogen) atoms. The van der Waals surface area contributed by atoms with E-state index >= 15 is 0 Å². The standard InChI is InChI=1S/C17H26O4/c1-4-6-10-20-15-9-8-14(13(3)17(18)19)12-16(15)21-11-7-5-2/h8-9,12-13H,4-7,10-11H2,1-3H3,(H,18,19). The predicted octanol–water partition coefficient (Wildman–Crippen LogP) is 4.23. The lowest BCUT2D eigenvalue weighted by molar-refractivity contribution is -0.138. The fourth-order valence-corrected chi connectivity index (χ4v) is 1.82. The van der Waals surface area contributed by atoms with E-state index in [4.69, 9.17) is 14.6 Å². The van der Waals surface area contributed by atoms with Gasteiger partial charge in [0.05, 0.1) is 19.1 Å². The van der Waals surface area contributed by atoms with Crippen LogP contribution in [0.2, 0.25) is 0 Å². The van der Waals surface area contributed by atoms with Crippen LogP contribution in [-0.2, 0) is 4.79 Å². The summed E-state index contributed by atoms with van der Waals surface area (Å²) in [5.41, 5.74) is 0.733. The molecule has 1 unspecified atom stereocenters. The van der Waals surface area contributed by atoms with Crippen LogP contribution < -0.4 is 9.47 Å². The number of hydrogen-bond donors (Lipinski definition) is 1. The number of hydrogen-bond acceptors (Lipinski definition) is 3. The second-order valence-electron chi connectivity index (χ2n) is 5.17. The van der Waals surface area contributed by atoms with Crippen molar-refractivity contribution in [2.24, 2.45) is 0 Å². The normalized spacial score (nSPS) is 12.0. The van der Waals surface area contributed by atoms with Crippen molar-refractivity contribution in [3.8, 4) is 11.5 Å². The van der Waals surface area contributed by atoms with Crippen LogP contribution in [0.3, 0.4) is 0 Å². The Hall–Kier alpha value is -1.71. The van der Waals surface area contributed by atoms with Crippen molar-refractivity contribution in [1.82, 2.24) is 0 Å². The highest BCUT2D eigenvalue weighted by Gasteiger charge is 2.16. The Morgan fingerprint density at radius 2 is 1.67 bits per heavy atom. The summed E-state index contributed by atoms with van der Waals surface area (Å²) < 4.78 is 11.5. The molecule has 118 valence electrons. The summed E-state index contributed by atoms with van der Waals surface area (Å²) in [5, 5.41) is 9.11. The zero-order valence-electron chi connectivity index (χ0n) is 13.2. The molecule has 1 atom stereocenters. The minimum Gasteiger partial charge on any atom is -0.490 e. The van der Waals surface area contributed by atoms with E-state index in [-0.39, 0.29) is 0 Å². The van der Waals surface area contributed by atoms with Gasteiger partial charge < -0.3 is 14.6 Å². The lowest BCUT2D eigenvalue weighted by Gasteiger charge is -2.15. The van der Waals surface area contributed by atoms with Crippen molar-refractivity contribution in [2.45, 2.75) is 52.4 Å². The molecule has 1 rings (SSSR count). The number of carboxylic acids is 1. The monoisotopic (exact) mass is 294 g/mol. The van der Waals surface area contributed by atoms with Crippen molar-refractivity contribution in [2.75, 3.05) is 13.2 Å². The van der Waals surface area contributed by atoms with Crippen molar-refractivity contribution < 1.29 is 19.4 Å². The van der Waals surface area contributed by atoms with E-state index in [0.29, 0.717) is 24.7 Å². The molecule has 4 heteroatoms. The van der Waals surface area contributed by atoms with Gasteiger partial charge in [-0.25, -0.2) is 0 Å². The van der Waals surface area contributed by atoms with Gasteiger partial charge in [0.2, 0.25) is 0 Å². The minimum atomic E-state index is -0.839. The molecule has 4 nitrogen and oxygen atoms in total. The number of benzene rings is 1. The Morgan fingerprint density at radius 3 is 2.19 bits per heavy atom. The average molecular weight is 294 g/mol. The molecule has 0 aromatic heterocycles. The van der Waals surface area contributed by atoms with Crippen LogP contribution in [0.1, 0.15) is 57.9 Å². The second-order valence-corrected chi connectivity index (χ2v) is 5.17. The molecule has 0 saturated carbocycles. The Balaban J connectivity index is 2.87. The maximum absolute atomic E-state index is 11.1. The van der Waals surface area contributed by atoms with Crippen LogP contribution in [0.5, 0.6) is 11.5 Å².